The van der Waals surface area contributed by atoms with Gasteiger partial charge in [0.1, 0.15) is 0 Å². The molecule has 0 radical (unpaired) electrons. The molecule has 2 aliphatic rings. The van der Waals surface area contributed by atoms with Gasteiger partial charge in [-0.15, -0.1) is 0 Å². The molecule has 5 heteroatoms. The summed E-state index contributed by atoms with van der Waals surface area (Å²) >= 11 is 2.13. The summed E-state index contributed by atoms with van der Waals surface area (Å²) in [7, 11) is 1.90. The summed E-state index contributed by atoms with van der Waals surface area (Å²) in [5.74, 6) is 3.13. The van der Waals surface area contributed by atoms with Crippen molar-refractivity contribution in [3.63, 3.8) is 0 Å². The molecule has 1 aliphatic carbocycles. The van der Waals surface area contributed by atoms with Crippen LogP contribution in [0.2, 0.25) is 0 Å². The molecule has 140 valence electrons. The predicted octanol–water partition coefficient (Wildman–Crippen LogP) is 3.34. The number of aliphatic imine (C=N–C) groups is 1. The van der Waals surface area contributed by atoms with Crippen molar-refractivity contribution < 1.29 is 0 Å². The van der Waals surface area contributed by atoms with Gasteiger partial charge in [0.15, 0.2) is 5.96 Å². The van der Waals surface area contributed by atoms with E-state index in [2.05, 4.69) is 46.1 Å². The van der Waals surface area contributed by atoms with Gasteiger partial charge in [0.2, 0.25) is 0 Å². The van der Waals surface area contributed by atoms with Crippen LogP contribution in [0.15, 0.2) is 4.99 Å². The quantitative estimate of drug-likeness (QED) is 0.543. The Labute approximate surface area is 153 Å². The molecule has 0 amide bonds. The number of rotatable bonds is 7. The number of piperidine rings is 1. The van der Waals surface area contributed by atoms with Crippen molar-refractivity contribution in [1.82, 2.24) is 15.5 Å². The van der Waals surface area contributed by atoms with E-state index in [-0.39, 0.29) is 0 Å². The van der Waals surface area contributed by atoms with Crippen LogP contribution in [0, 0.1) is 5.92 Å². The van der Waals surface area contributed by atoms with E-state index in [9.17, 15) is 0 Å². The van der Waals surface area contributed by atoms with Crippen LogP contribution in [-0.2, 0) is 0 Å². The number of guanidine groups is 1. The zero-order valence-corrected chi connectivity index (χ0v) is 16.8. The molecule has 0 aromatic carbocycles. The topological polar surface area (TPSA) is 39.7 Å². The Hall–Kier alpha value is -0.420. The molecule has 24 heavy (non-hydrogen) atoms. The van der Waals surface area contributed by atoms with Gasteiger partial charge in [-0.3, -0.25) is 4.99 Å². The van der Waals surface area contributed by atoms with Crippen LogP contribution in [-0.4, -0.2) is 61.1 Å². The molecule has 1 heterocycles. The van der Waals surface area contributed by atoms with Crippen molar-refractivity contribution in [2.24, 2.45) is 10.9 Å². The van der Waals surface area contributed by atoms with Crippen LogP contribution >= 0.6 is 11.8 Å². The highest BCUT2D eigenvalue weighted by Crippen LogP contribution is 2.28. The van der Waals surface area contributed by atoms with E-state index < -0.39 is 0 Å². The number of hydrogen-bond donors (Lipinski definition) is 2. The first kappa shape index (κ1) is 19.9. The van der Waals surface area contributed by atoms with E-state index in [1.54, 1.807) is 0 Å². The van der Waals surface area contributed by atoms with Gasteiger partial charge >= 0.3 is 0 Å². The average molecular weight is 355 g/mol. The van der Waals surface area contributed by atoms with E-state index in [1.165, 1.54) is 70.3 Å². The standard InChI is InChI=1S/C19H38N4S/c1-4-23-13-10-16(11-14-23)9-12-21-19(20-3)22-17-7-6-8-18(15-17)24-5-2/h16-18H,4-15H2,1-3H3,(H2,20,21,22). The lowest BCUT2D eigenvalue weighted by molar-refractivity contribution is 0.187. The zero-order chi connectivity index (χ0) is 17.2. The zero-order valence-electron chi connectivity index (χ0n) is 16.0. The van der Waals surface area contributed by atoms with Gasteiger partial charge in [-0.1, -0.05) is 20.3 Å². The third-order valence-corrected chi connectivity index (χ3v) is 6.83. The molecule has 0 spiro atoms. The highest BCUT2D eigenvalue weighted by molar-refractivity contribution is 7.99. The molecule has 2 fully saturated rings. The molecular formula is C19H38N4S. The smallest absolute Gasteiger partial charge is 0.191 e. The normalized spacial score (nSPS) is 27.2. The van der Waals surface area contributed by atoms with Crippen molar-refractivity contribution >= 4 is 17.7 Å². The van der Waals surface area contributed by atoms with Crippen LogP contribution in [0.5, 0.6) is 0 Å². The maximum absolute atomic E-state index is 4.44. The van der Waals surface area contributed by atoms with E-state index in [0.717, 1.165) is 23.7 Å². The molecule has 0 aromatic heterocycles. The Morgan fingerprint density at radius 3 is 2.62 bits per heavy atom. The number of thioether (sulfide) groups is 1. The van der Waals surface area contributed by atoms with E-state index in [0.29, 0.717) is 6.04 Å². The Morgan fingerprint density at radius 1 is 1.17 bits per heavy atom. The summed E-state index contributed by atoms with van der Waals surface area (Å²) in [6, 6.07) is 0.599. The molecule has 0 aromatic rings. The molecule has 4 nitrogen and oxygen atoms in total. The fourth-order valence-electron chi connectivity index (χ4n) is 4.04. The van der Waals surface area contributed by atoms with Gasteiger partial charge in [-0.25, -0.2) is 0 Å². The van der Waals surface area contributed by atoms with Crippen molar-refractivity contribution in [3.8, 4) is 0 Å². The van der Waals surface area contributed by atoms with Crippen LogP contribution in [0.1, 0.15) is 58.8 Å². The lowest BCUT2D eigenvalue weighted by Crippen LogP contribution is -2.46. The number of nitrogens with zero attached hydrogens (tertiary/aromatic N) is 2. The van der Waals surface area contributed by atoms with Gasteiger partial charge in [-0.05, 0) is 69.8 Å². The molecule has 2 N–H and O–H groups in total. The summed E-state index contributed by atoms with van der Waals surface area (Å²) < 4.78 is 0. The second-order valence-corrected chi connectivity index (χ2v) is 8.83. The molecular weight excluding hydrogens is 316 g/mol. The first-order valence-corrected chi connectivity index (χ1v) is 11.1. The van der Waals surface area contributed by atoms with Crippen LogP contribution < -0.4 is 10.6 Å². The first-order valence-electron chi connectivity index (χ1n) is 10.1. The molecule has 2 rings (SSSR count). The van der Waals surface area contributed by atoms with Crippen molar-refractivity contribution in [3.05, 3.63) is 0 Å². The maximum Gasteiger partial charge on any atom is 0.191 e. The van der Waals surface area contributed by atoms with Gasteiger partial charge in [0.05, 0.1) is 0 Å². The lowest BCUT2D eigenvalue weighted by Gasteiger charge is -2.32. The third kappa shape index (κ3) is 6.83. The van der Waals surface area contributed by atoms with Crippen molar-refractivity contribution in [2.45, 2.75) is 70.1 Å². The summed E-state index contributed by atoms with van der Waals surface area (Å²) in [4.78, 5) is 7.01. The summed E-state index contributed by atoms with van der Waals surface area (Å²) in [6.45, 7) is 9.37. The predicted molar refractivity (Wildman–Crippen MR) is 108 cm³/mol. The van der Waals surface area contributed by atoms with Crippen LogP contribution in [0.4, 0.5) is 0 Å². The number of nitrogens with one attached hydrogen (secondary N) is 2. The monoisotopic (exact) mass is 354 g/mol. The molecule has 2 atom stereocenters. The number of likely N-dealkylation sites (tertiary alicyclic amines) is 1. The highest BCUT2D eigenvalue weighted by Gasteiger charge is 2.22. The summed E-state index contributed by atoms with van der Waals surface area (Å²) in [5, 5.41) is 8.06. The van der Waals surface area contributed by atoms with Crippen molar-refractivity contribution in [1.29, 1.82) is 0 Å². The minimum absolute atomic E-state index is 0.599. The molecule has 1 saturated carbocycles. The Balaban J connectivity index is 1.64. The minimum atomic E-state index is 0.599. The maximum atomic E-state index is 4.44. The van der Waals surface area contributed by atoms with Crippen molar-refractivity contribution in [2.75, 3.05) is 39.0 Å². The Bertz CT molecular complexity index is 364. The Morgan fingerprint density at radius 2 is 1.96 bits per heavy atom. The highest BCUT2D eigenvalue weighted by atomic mass is 32.2. The van der Waals surface area contributed by atoms with E-state index in [1.807, 2.05) is 7.05 Å². The summed E-state index contributed by atoms with van der Waals surface area (Å²) in [5.41, 5.74) is 0. The largest absolute Gasteiger partial charge is 0.356 e. The lowest BCUT2D eigenvalue weighted by atomic mass is 9.93. The number of hydrogen-bond acceptors (Lipinski definition) is 3. The fraction of sp³-hybridized carbons (Fsp3) is 0.947. The first-order chi connectivity index (χ1) is 11.7. The minimum Gasteiger partial charge on any atom is -0.356 e. The SMILES string of the molecule is CCSC1CCCC(NC(=NC)NCCC2CCN(CC)CC2)C1. The van der Waals surface area contributed by atoms with Gasteiger partial charge < -0.3 is 15.5 Å². The average Bonchev–Trinajstić information content (AvgIpc) is 2.62. The van der Waals surface area contributed by atoms with Crippen LogP contribution in [0.3, 0.4) is 0 Å². The van der Waals surface area contributed by atoms with Gasteiger partial charge in [0.25, 0.3) is 0 Å². The second-order valence-electron chi connectivity index (χ2n) is 7.25. The molecule has 0 bridgehead atoms. The molecule has 2 unspecified atom stereocenters. The van der Waals surface area contributed by atoms with Gasteiger partial charge in [-0.2, -0.15) is 11.8 Å². The molecule has 1 saturated heterocycles. The van der Waals surface area contributed by atoms with Gasteiger partial charge in [0, 0.05) is 24.9 Å². The second kappa shape index (κ2) is 11.2. The Kier molecular flexibility index (Phi) is 9.32. The third-order valence-electron chi connectivity index (χ3n) is 5.59. The fourth-order valence-corrected chi connectivity index (χ4v) is 5.21. The summed E-state index contributed by atoms with van der Waals surface area (Å²) in [6.07, 6.45) is 9.31. The van der Waals surface area contributed by atoms with Crippen LogP contribution in [0.25, 0.3) is 0 Å². The van der Waals surface area contributed by atoms with E-state index in [4.69, 9.17) is 0 Å². The molecule has 1 aliphatic heterocycles. The van der Waals surface area contributed by atoms with E-state index >= 15 is 0 Å².